The summed E-state index contributed by atoms with van der Waals surface area (Å²) in [5.41, 5.74) is 7.37. The van der Waals surface area contributed by atoms with E-state index in [0.717, 1.165) is 13.0 Å². The predicted octanol–water partition coefficient (Wildman–Crippen LogP) is 2.89. The van der Waals surface area contributed by atoms with Gasteiger partial charge in [-0.25, -0.2) is 4.39 Å². The lowest BCUT2D eigenvalue weighted by Crippen LogP contribution is -2.29. The molecule has 0 amide bonds. The number of nitrogens with two attached hydrogens (primary N) is 1. The van der Waals surface area contributed by atoms with Crippen LogP contribution < -0.4 is 5.73 Å². The van der Waals surface area contributed by atoms with Crippen molar-refractivity contribution in [2.75, 3.05) is 6.54 Å². The van der Waals surface area contributed by atoms with Gasteiger partial charge in [0.15, 0.2) is 0 Å². The second-order valence-corrected chi connectivity index (χ2v) is 4.71. The van der Waals surface area contributed by atoms with Crippen LogP contribution in [0.3, 0.4) is 0 Å². The van der Waals surface area contributed by atoms with E-state index >= 15 is 0 Å². The van der Waals surface area contributed by atoms with Crippen LogP contribution in [-0.4, -0.2) is 6.54 Å². The fourth-order valence-electron chi connectivity index (χ4n) is 2.61. The van der Waals surface area contributed by atoms with Gasteiger partial charge >= 0.3 is 0 Å². The van der Waals surface area contributed by atoms with Gasteiger partial charge in [0.05, 0.1) is 0 Å². The molecule has 15 heavy (non-hydrogen) atoms. The van der Waals surface area contributed by atoms with E-state index in [9.17, 15) is 4.39 Å². The first-order valence-electron chi connectivity index (χ1n) is 5.69. The third-order valence-electron chi connectivity index (χ3n) is 3.59. The average molecular weight is 207 g/mol. The summed E-state index contributed by atoms with van der Waals surface area (Å²) < 4.78 is 12.8. The monoisotopic (exact) mass is 207 g/mol. The fourth-order valence-corrected chi connectivity index (χ4v) is 2.61. The molecule has 0 aliphatic heterocycles. The Hall–Kier alpha value is -0.890. The molecule has 82 valence electrons. The molecule has 1 aromatic rings. The Morgan fingerprint density at radius 3 is 2.27 bits per heavy atom. The summed E-state index contributed by atoms with van der Waals surface area (Å²) in [6.07, 6.45) is 6.03. The molecule has 1 aliphatic carbocycles. The molecule has 1 nitrogen and oxygen atoms in total. The molecule has 0 heterocycles. The van der Waals surface area contributed by atoms with E-state index in [1.165, 1.54) is 43.4 Å². The Labute approximate surface area is 90.5 Å². The van der Waals surface area contributed by atoms with E-state index < -0.39 is 0 Å². The highest BCUT2D eigenvalue weighted by Crippen LogP contribution is 2.39. The molecule has 1 saturated carbocycles. The Bertz CT molecular complexity index is 312. The van der Waals surface area contributed by atoms with Crippen molar-refractivity contribution >= 4 is 0 Å². The quantitative estimate of drug-likeness (QED) is 0.810. The highest BCUT2D eigenvalue weighted by Gasteiger charge is 2.32. The van der Waals surface area contributed by atoms with Crippen molar-refractivity contribution < 1.29 is 4.39 Å². The smallest absolute Gasteiger partial charge is 0.123 e. The molecule has 0 saturated heterocycles. The molecule has 0 radical (unpaired) electrons. The minimum Gasteiger partial charge on any atom is -0.330 e. The van der Waals surface area contributed by atoms with Crippen molar-refractivity contribution in [1.82, 2.24) is 0 Å². The van der Waals surface area contributed by atoms with E-state index in [2.05, 4.69) is 0 Å². The average Bonchev–Trinajstić information content (AvgIpc) is 2.71. The van der Waals surface area contributed by atoms with Gasteiger partial charge in [0.25, 0.3) is 0 Å². The van der Waals surface area contributed by atoms with Crippen molar-refractivity contribution in [2.24, 2.45) is 11.1 Å². The molecular formula is C13H18FN. The van der Waals surface area contributed by atoms with Crippen LogP contribution in [0.5, 0.6) is 0 Å². The summed E-state index contributed by atoms with van der Waals surface area (Å²) in [4.78, 5) is 0. The first kappa shape index (κ1) is 10.6. The maximum Gasteiger partial charge on any atom is 0.123 e. The topological polar surface area (TPSA) is 26.0 Å². The third-order valence-corrected chi connectivity index (χ3v) is 3.59. The van der Waals surface area contributed by atoms with Crippen LogP contribution in [0, 0.1) is 11.2 Å². The lowest BCUT2D eigenvalue weighted by Gasteiger charge is -2.27. The number of hydrogen-bond donors (Lipinski definition) is 1. The van der Waals surface area contributed by atoms with Crippen molar-refractivity contribution in [3.05, 3.63) is 35.6 Å². The van der Waals surface area contributed by atoms with Crippen LogP contribution >= 0.6 is 0 Å². The molecule has 1 aromatic carbocycles. The summed E-state index contributed by atoms with van der Waals surface area (Å²) in [7, 11) is 0. The van der Waals surface area contributed by atoms with Gasteiger partial charge < -0.3 is 5.73 Å². The molecule has 2 rings (SSSR count). The van der Waals surface area contributed by atoms with Gasteiger partial charge in [0.1, 0.15) is 5.82 Å². The van der Waals surface area contributed by atoms with Gasteiger partial charge in [-0.2, -0.15) is 0 Å². The highest BCUT2D eigenvalue weighted by molar-refractivity contribution is 5.18. The summed E-state index contributed by atoms with van der Waals surface area (Å²) in [5.74, 6) is -0.160. The molecule has 0 bridgehead atoms. The first-order valence-corrected chi connectivity index (χ1v) is 5.69. The van der Waals surface area contributed by atoms with Crippen molar-refractivity contribution in [1.29, 1.82) is 0 Å². The van der Waals surface area contributed by atoms with Crippen LogP contribution in [0.2, 0.25) is 0 Å². The Kier molecular flexibility index (Phi) is 3.06. The second kappa shape index (κ2) is 4.31. The van der Waals surface area contributed by atoms with Crippen molar-refractivity contribution in [3.8, 4) is 0 Å². The van der Waals surface area contributed by atoms with E-state index in [4.69, 9.17) is 5.73 Å². The maximum absolute atomic E-state index is 12.8. The molecule has 0 atom stereocenters. The predicted molar refractivity (Wildman–Crippen MR) is 60.1 cm³/mol. The minimum atomic E-state index is -0.160. The van der Waals surface area contributed by atoms with Crippen LogP contribution in [0.25, 0.3) is 0 Å². The number of rotatable bonds is 3. The van der Waals surface area contributed by atoms with Crippen LogP contribution in [-0.2, 0) is 6.42 Å². The van der Waals surface area contributed by atoms with Gasteiger partial charge in [-0.15, -0.1) is 0 Å². The fraction of sp³-hybridized carbons (Fsp3) is 0.538. The van der Waals surface area contributed by atoms with Crippen LogP contribution in [0.15, 0.2) is 24.3 Å². The van der Waals surface area contributed by atoms with Gasteiger partial charge in [0, 0.05) is 0 Å². The SMILES string of the molecule is NCC1(Cc2ccc(F)cc2)CCCC1. The standard InChI is InChI=1S/C13H18FN/c14-12-5-3-11(4-6-12)9-13(10-15)7-1-2-8-13/h3-6H,1-2,7-10,15H2. The molecule has 0 spiro atoms. The summed E-state index contributed by atoms with van der Waals surface area (Å²) in [6.45, 7) is 0.754. The van der Waals surface area contributed by atoms with Crippen molar-refractivity contribution in [3.63, 3.8) is 0 Å². The Morgan fingerprint density at radius 1 is 1.13 bits per heavy atom. The highest BCUT2D eigenvalue weighted by atomic mass is 19.1. The second-order valence-electron chi connectivity index (χ2n) is 4.71. The van der Waals surface area contributed by atoms with Gasteiger partial charge in [-0.1, -0.05) is 25.0 Å². The number of hydrogen-bond acceptors (Lipinski definition) is 1. The van der Waals surface area contributed by atoms with Crippen molar-refractivity contribution in [2.45, 2.75) is 32.1 Å². The zero-order valence-electron chi connectivity index (χ0n) is 9.01. The Balaban J connectivity index is 2.09. The van der Waals surface area contributed by atoms with E-state index in [0.29, 0.717) is 0 Å². The van der Waals surface area contributed by atoms with Gasteiger partial charge in [-0.05, 0) is 48.9 Å². The van der Waals surface area contributed by atoms with Gasteiger partial charge in [0.2, 0.25) is 0 Å². The normalized spacial score (nSPS) is 19.3. The minimum absolute atomic E-state index is 0.160. The molecule has 1 aliphatic rings. The zero-order chi connectivity index (χ0) is 10.7. The summed E-state index contributed by atoms with van der Waals surface area (Å²) in [5, 5.41) is 0. The molecular weight excluding hydrogens is 189 g/mol. The molecule has 2 heteroatoms. The number of benzene rings is 1. The molecule has 0 aromatic heterocycles. The van der Waals surface area contributed by atoms with Gasteiger partial charge in [-0.3, -0.25) is 0 Å². The third kappa shape index (κ3) is 2.37. The lowest BCUT2D eigenvalue weighted by molar-refractivity contribution is 0.306. The summed E-state index contributed by atoms with van der Waals surface area (Å²) in [6, 6.07) is 6.83. The van der Waals surface area contributed by atoms with Crippen LogP contribution in [0.4, 0.5) is 4.39 Å². The Morgan fingerprint density at radius 2 is 1.73 bits per heavy atom. The molecule has 2 N–H and O–H groups in total. The largest absolute Gasteiger partial charge is 0.330 e. The lowest BCUT2D eigenvalue weighted by atomic mass is 9.80. The number of halogens is 1. The first-order chi connectivity index (χ1) is 7.24. The van der Waals surface area contributed by atoms with E-state index in [1.54, 1.807) is 0 Å². The molecule has 1 fully saturated rings. The van der Waals surface area contributed by atoms with Crippen LogP contribution in [0.1, 0.15) is 31.2 Å². The summed E-state index contributed by atoms with van der Waals surface area (Å²) >= 11 is 0. The van der Waals surface area contributed by atoms with E-state index in [1.807, 2.05) is 12.1 Å². The zero-order valence-corrected chi connectivity index (χ0v) is 9.01. The molecule has 0 unspecified atom stereocenters. The van der Waals surface area contributed by atoms with E-state index in [-0.39, 0.29) is 11.2 Å². The maximum atomic E-state index is 12.8.